The number of sulfonamides is 1. The van der Waals surface area contributed by atoms with Crippen molar-refractivity contribution in [3.8, 4) is 5.75 Å². The Balaban J connectivity index is 2.50. The van der Waals surface area contributed by atoms with Crippen LogP contribution in [0.25, 0.3) is 0 Å². The molecule has 0 bridgehead atoms. The topological polar surface area (TPSA) is 46.6 Å². The van der Waals surface area contributed by atoms with Crippen LogP contribution in [0.4, 0.5) is 0 Å². The molecule has 0 aromatic heterocycles. The van der Waals surface area contributed by atoms with Crippen molar-refractivity contribution in [3.63, 3.8) is 0 Å². The average Bonchev–Trinajstić information content (AvgIpc) is 2.50. The first-order valence-electron chi connectivity index (χ1n) is 8.17. The molecule has 1 saturated heterocycles. The van der Waals surface area contributed by atoms with E-state index in [9.17, 15) is 8.42 Å². The maximum Gasteiger partial charge on any atom is 0.247 e. The van der Waals surface area contributed by atoms with Gasteiger partial charge in [-0.25, -0.2) is 8.42 Å². The number of hydrogen-bond acceptors (Lipinski definition) is 3. The van der Waals surface area contributed by atoms with Crippen molar-refractivity contribution in [3.05, 3.63) is 23.3 Å². The molecule has 1 aromatic rings. The maximum absolute atomic E-state index is 13.2. The van der Waals surface area contributed by atoms with Gasteiger partial charge in [-0.05, 0) is 63.3 Å². The Morgan fingerprint density at radius 3 is 2.50 bits per heavy atom. The monoisotopic (exact) mass is 325 g/mol. The fraction of sp³-hybridized carbons (Fsp3) is 0.647. The van der Waals surface area contributed by atoms with Gasteiger partial charge in [0.1, 0.15) is 10.6 Å². The molecule has 1 fully saturated rings. The summed E-state index contributed by atoms with van der Waals surface area (Å²) >= 11 is 0. The summed E-state index contributed by atoms with van der Waals surface area (Å²) in [5, 5.41) is 0. The standard InChI is InChI=1S/C17H27NO3S/c1-5-15-9-7-8-10-18(15)22(19,20)17-12-14(4)13(3)11-16(17)21-6-2/h11-12,15H,5-10H2,1-4H3/t15-/m0/s1. The maximum atomic E-state index is 13.2. The molecule has 0 radical (unpaired) electrons. The minimum Gasteiger partial charge on any atom is -0.492 e. The summed E-state index contributed by atoms with van der Waals surface area (Å²) in [6.07, 6.45) is 3.85. The summed E-state index contributed by atoms with van der Waals surface area (Å²) in [6.45, 7) is 8.92. The molecule has 1 atom stereocenters. The van der Waals surface area contributed by atoms with Gasteiger partial charge in [-0.1, -0.05) is 13.3 Å². The number of nitrogens with zero attached hydrogens (tertiary/aromatic N) is 1. The van der Waals surface area contributed by atoms with E-state index in [4.69, 9.17) is 4.74 Å². The fourth-order valence-electron chi connectivity index (χ4n) is 3.06. The van der Waals surface area contributed by atoms with Crippen molar-refractivity contribution in [1.29, 1.82) is 0 Å². The van der Waals surface area contributed by atoms with Crippen LogP contribution in [0.5, 0.6) is 5.75 Å². The van der Waals surface area contributed by atoms with Crippen molar-refractivity contribution < 1.29 is 13.2 Å². The smallest absolute Gasteiger partial charge is 0.247 e. The Hall–Kier alpha value is -1.07. The van der Waals surface area contributed by atoms with Crippen LogP contribution in [0.2, 0.25) is 0 Å². The van der Waals surface area contributed by atoms with E-state index in [1.807, 2.05) is 26.8 Å². The zero-order valence-corrected chi connectivity index (χ0v) is 14.9. The van der Waals surface area contributed by atoms with Crippen LogP contribution in [0.3, 0.4) is 0 Å². The number of rotatable bonds is 5. The number of benzene rings is 1. The van der Waals surface area contributed by atoms with Crippen molar-refractivity contribution in [2.45, 2.75) is 64.3 Å². The van der Waals surface area contributed by atoms with E-state index in [1.165, 1.54) is 0 Å². The number of piperidine rings is 1. The lowest BCUT2D eigenvalue weighted by Crippen LogP contribution is -2.43. The van der Waals surface area contributed by atoms with Crippen molar-refractivity contribution in [1.82, 2.24) is 4.31 Å². The second-order valence-corrected chi connectivity index (χ2v) is 7.85. The van der Waals surface area contributed by atoms with E-state index in [0.717, 1.165) is 36.8 Å². The van der Waals surface area contributed by atoms with E-state index in [-0.39, 0.29) is 6.04 Å². The largest absolute Gasteiger partial charge is 0.492 e. The highest BCUT2D eigenvalue weighted by molar-refractivity contribution is 7.89. The molecule has 2 rings (SSSR count). The quantitative estimate of drug-likeness (QED) is 0.830. The Kier molecular flexibility index (Phi) is 5.50. The molecular formula is C17H27NO3S. The number of hydrogen-bond donors (Lipinski definition) is 0. The minimum atomic E-state index is -3.51. The molecule has 0 spiro atoms. The van der Waals surface area contributed by atoms with Gasteiger partial charge < -0.3 is 4.74 Å². The lowest BCUT2D eigenvalue weighted by Gasteiger charge is -2.34. The summed E-state index contributed by atoms with van der Waals surface area (Å²) in [6, 6.07) is 3.71. The van der Waals surface area contributed by atoms with Crippen LogP contribution in [-0.4, -0.2) is 31.9 Å². The first-order chi connectivity index (χ1) is 10.4. The molecule has 4 nitrogen and oxygen atoms in total. The van der Waals surface area contributed by atoms with Crippen LogP contribution < -0.4 is 4.74 Å². The van der Waals surface area contributed by atoms with Crippen molar-refractivity contribution in [2.24, 2.45) is 0 Å². The molecule has 22 heavy (non-hydrogen) atoms. The Bertz CT molecular complexity index is 625. The SMILES string of the molecule is CCOc1cc(C)c(C)cc1S(=O)(=O)N1CCCC[C@@H]1CC. The first-order valence-corrected chi connectivity index (χ1v) is 9.61. The normalized spacial score (nSPS) is 20.1. The summed E-state index contributed by atoms with van der Waals surface area (Å²) < 4.78 is 33.6. The molecule has 0 N–H and O–H groups in total. The summed E-state index contributed by atoms with van der Waals surface area (Å²) in [7, 11) is -3.51. The number of ether oxygens (including phenoxy) is 1. The average molecular weight is 325 g/mol. The third-order valence-electron chi connectivity index (χ3n) is 4.49. The molecule has 1 aliphatic heterocycles. The molecule has 0 aliphatic carbocycles. The van der Waals surface area contributed by atoms with Crippen LogP contribution in [0.15, 0.2) is 17.0 Å². The molecule has 5 heteroatoms. The third kappa shape index (κ3) is 3.30. The van der Waals surface area contributed by atoms with Gasteiger partial charge in [0.15, 0.2) is 0 Å². The molecule has 1 aliphatic rings. The third-order valence-corrected chi connectivity index (χ3v) is 6.46. The van der Waals surface area contributed by atoms with Crippen LogP contribution >= 0.6 is 0 Å². The zero-order valence-electron chi connectivity index (χ0n) is 14.1. The lowest BCUT2D eigenvalue weighted by atomic mass is 10.0. The van der Waals surface area contributed by atoms with Gasteiger partial charge in [0, 0.05) is 12.6 Å². The molecule has 1 heterocycles. The van der Waals surface area contributed by atoms with Gasteiger partial charge in [-0.15, -0.1) is 0 Å². The number of aryl methyl sites for hydroxylation is 2. The molecular weight excluding hydrogens is 298 g/mol. The molecule has 0 saturated carbocycles. The molecule has 0 amide bonds. The second-order valence-electron chi connectivity index (χ2n) is 5.99. The minimum absolute atomic E-state index is 0.106. The summed E-state index contributed by atoms with van der Waals surface area (Å²) in [5.41, 5.74) is 2.03. The second kappa shape index (κ2) is 7.01. The Morgan fingerprint density at radius 1 is 1.18 bits per heavy atom. The van der Waals surface area contributed by atoms with Gasteiger partial charge in [-0.2, -0.15) is 4.31 Å². The van der Waals surface area contributed by atoms with Crippen molar-refractivity contribution in [2.75, 3.05) is 13.2 Å². The Labute approximate surface area is 134 Å². The predicted octanol–water partition coefficient (Wildman–Crippen LogP) is 3.66. The summed E-state index contributed by atoms with van der Waals surface area (Å²) in [4.78, 5) is 0.317. The van der Waals surface area contributed by atoms with Crippen LogP contribution in [-0.2, 0) is 10.0 Å². The van der Waals surface area contributed by atoms with Crippen molar-refractivity contribution >= 4 is 10.0 Å². The molecule has 124 valence electrons. The first kappa shape index (κ1) is 17.3. The highest BCUT2D eigenvalue weighted by Crippen LogP contribution is 2.33. The summed E-state index contributed by atoms with van der Waals surface area (Å²) in [5.74, 6) is 0.478. The van der Waals surface area contributed by atoms with E-state index >= 15 is 0 Å². The van der Waals surface area contributed by atoms with Gasteiger partial charge in [0.2, 0.25) is 10.0 Å². The fourth-order valence-corrected chi connectivity index (χ4v) is 5.02. The lowest BCUT2D eigenvalue weighted by molar-refractivity contribution is 0.245. The Morgan fingerprint density at radius 2 is 1.86 bits per heavy atom. The molecule has 0 unspecified atom stereocenters. The van der Waals surface area contributed by atoms with Crippen LogP contribution in [0.1, 0.15) is 50.7 Å². The van der Waals surface area contributed by atoms with Crippen LogP contribution in [0, 0.1) is 13.8 Å². The van der Waals surface area contributed by atoms with E-state index < -0.39 is 10.0 Å². The van der Waals surface area contributed by atoms with E-state index in [1.54, 1.807) is 10.4 Å². The highest BCUT2D eigenvalue weighted by atomic mass is 32.2. The van der Waals surface area contributed by atoms with E-state index in [2.05, 4.69) is 6.92 Å². The van der Waals surface area contributed by atoms with Gasteiger partial charge in [-0.3, -0.25) is 0 Å². The van der Waals surface area contributed by atoms with Gasteiger partial charge in [0.25, 0.3) is 0 Å². The van der Waals surface area contributed by atoms with Gasteiger partial charge in [0.05, 0.1) is 6.61 Å². The van der Waals surface area contributed by atoms with E-state index in [0.29, 0.717) is 23.8 Å². The zero-order chi connectivity index (χ0) is 16.3. The van der Waals surface area contributed by atoms with Gasteiger partial charge >= 0.3 is 0 Å². The predicted molar refractivity (Wildman–Crippen MR) is 88.9 cm³/mol. The highest BCUT2D eigenvalue weighted by Gasteiger charge is 2.34. The molecule has 1 aromatic carbocycles.